The molecule has 0 aliphatic heterocycles. The molecule has 1 aliphatic carbocycles. The Hall–Kier alpha value is -1.97. The Morgan fingerprint density at radius 1 is 1.24 bits per heavy atom. The Morgan fingerprint density at radius 2 is 2.00 bits per heavy atom. The van der Waals surface area contributed by atoms with Crippen LogP contribution in [0.4, 0.5) is 5.82 Å². The first kappa shape index (κ1) is 10.2. The molecule has 0 saturated heterocycles. The van der Waals surface area contributed by atoms with E-state index in [9.17, 15) is 5.11 Å². The minimum atomic E-state index is 0.277. The monoisotopic (exact) mass is 229 g/mol. The summed E-state index contributed by atoms with van der Waals surface area (Å²) in [6.07, 6.45) is 3.36. The zero-order chi connectivity index (χ0) is 11.8. The number of nitrogens with zero attached hydrogens (tertiary/aromatic N) is 2. The average Bonchev–Trinajstić information content (AvgIpc) is 2.89. The fraction of sp³-hybridized carbons (Fsp3) is 0.308. The molecule has 0 unspecified atom stereocenters. The van der Waals surface area contributed by atoms with E-state index in [1.54, 1.807) is 12.1 Å². The minimum absolute atomic E-state index is 0.277. The highest BCUT2D eigenvalue weighted by molar-refractivity contribution is 5.55. The fourth-order valence-corrected chi connectivity index (χ4v) is 2.43. The predicted molar refractivity (Wildman–Crippen MR) is 66.8 cm³/mol. The molecule has 0 amide bonds. The SMILES string of the molecule is CNc1c2c(nn1-c1ccc(O)cc1)CCC2. The third-order valence-corrected chi connectivity index (χ3v) is 3.24. The Kier molecular flexibility index (Phi) is 2.28. The Balaban J connectivity index is 2.11. The van der Waals surface area contributed by atoms with Crippen molar-refractivity contribution in [3.05, 3.63) is 35.5 Å². The first-order valence-corrected chi connectivity index (χ1v) is 5.87. The summed E-state index contributed by atoms with van der Waals surface area (Å²) >= 11 is 0. The van der Waals surface area contributed by atoms with Gasteiger partial charge in [0.2, 0.25) is 0 Å². The van der Waals surface area contributed by atoms with Crippen molar-refractivity contribution in [2.45, 2.75) is 19.3 Å². The standard InChI is InChI=1S/C13H15N3O/c1-14-13-11-3-2-4-12(11)15-16(13)9-5-7-10(17)8-6-9/h5-8,14,17H,2-4H2,1H3. The van der Waals surface area contributed by atoms with Crippen molar-refractivity contribution in [1.29, 1.82) is 0 Å². The number of fused-ring (bicyclic) bond motifs is 1. The topological polar surface area (TPSA) is 50.1 Å². The van der Waals surface area contributed by atoms with Crippen LogP contribution in [-0.4, -0.2) is 21.9 Å². The van der Waals surface area contributed by atoms with Gasteiger partial charge in [-0.3, -0.25) is 0 Å². The van der Waals surface area contributed by atoms with Gasteiger partial charge in [0.15, 0.2) is 0 Å². The quantitative estimate of drug-likeness (QED) is 0.829. The number of phenols is 1. The summed E-state index contributed by atoms with van der Waals surface area (Å²) in [6, 6.07) is 7.11. The van der Waals surface area contributed by atoms with Crippen molar-refractivity contribution in [1.82, 2.24) is 9.78 Å². The lowest BCUT2D eigenvalue weighted by Gasteiger charge is -2.08. The van der Waals surface area contributed by atoms with E-state index in [4.69, 9.17) is 0 Å². The maximum absolute atomic E-state index is 9.30. The van der Waals surface area contributed by atoms with Gasteiger partial charge in [-0.05, 0) is 43.5 Å². The van der Waals surface area contributed by atoms with Crippen LogP contribution in [0.5, 0.6) is 5.75 Å². The molecule has 3 rings (SSSR count). The molecule has 0 bridgehead atoms. The summed E-state index contributed by atoms with van der Waals surface area (Å²) in [6.45, 7) is 0. The van der Waals surface area contributed by atoms with E-state index in [0.717, 1.165) is 24.3 Å². The van der Waals surface area contributed by atoms with Gasteiger partial charge in [-0.2, -0.15) is 5.10 Å². The van der Waals surface area contributed by atoms with E-state index < -0.39 is 0 Å². The van der Waals surface area contributed by atoms with Gasteiger partial charge in [-0.25, -0.2) is 4.68 Å². The summed E-state index contributed by atoms with van der Waals surface area (Å²) in [7, 11) is 1.92. The summed E-state index contributed by atoms with van der Waals surface area (Å²) in [5, 5.41) is 17.2. The van der Waals surface area contributed by atoms with Gasteiger partial charge in [-0.1, -0.05) is 0 Å². The Bertz CT molecular complexity index is 543. The highest BCUT2D eigenvalue weighted by Crippen LogP contribution is 2.30. The molecule has 17 heavy (non-hydrogen) atoms. The van der Waals surface area contributed by atoms with Crippen LogP contribution in [0, 0.1) is 0 Å². The van der Waals surface area contributed by atoms with Gasteiger partial charge >= 0.3 is 0 Å². The number of aromatic nitrogens is 2. The van der Waals surface area contributed by atoms with E-state index in [0.29, 0.717) is 0 Å². The van der Waals surface area contributed by atoms with Gasteiger partial charge < -0.3 is 10.4 Å². The molecular formula is C13H15N3O. The summed E-state index contributed by atoms with van der Waals surface area (Å²) < 4.78 is 1.92. The number of nitrogens with one attached hydrogen (secondary N) is 1. The molecule has 4 heteroatoms. The number of aromatic hydroxyl groups is 1. The molecule has 2 aromatic rings. The van der Waals surface area contributed by atoms with E-state index >= 15 is 0 Å². The van der Waals surface area contributed by atoms with Crippen LogP contribution in [0.25, 0.3) is 5.69 Å². The van der Waals surface area contributed by atoms with Crippen LogP contribution in [0.2, 0.25) is 0 Å². The molecule has 88 valence electrons. The number of hydrogen-bond acceptors (Lipinski definition) is 3. The Morgan fingerprint density at radius 3 is 2.71 bits per heavy atom. The summed E-state index contributed by atoms with van der Waals surface area (Å²) in [5.41, 5.74) is 3.50. The van der Waals surface area contributed by atoms with E-state index in [1.807, 2.05) is 23.9 Å². The highest BCUT2D eigenvalue weighted by Gasteiger charge is 2.21. The molecule has 1 aromatic heterocycles. The summed E-state index contributed by atoms with van der Waals surface area (Å²) in [4.78, 5) is 0. The third-order valence-electron chi connectivity index (χ3n) is 3.24. The molecule has 0 atom stereocenters. The molecule has 0 fully saturated rings. The van der Waals surface area contributed by atoms with Crippen LogP contribution in [-0.2, 0) is 12.8 Å². The van der Waals surface area contributed by atoms with Crippen molar-refractivity contribution in [3.8, 4) is 11.4 Å². The lowest BCUT2D eigenvalue weighted by atomic mass is 10.2. The van der Waals surface area contributed by atoms with Crippen LogP contribution in [0.15, 0.2) is 24.3 Å². The lowest BCUT2D eigenvalue weighted by molar-refractivity contribution is 0.475. The van der Waals surface area contributed by atoms with Crippen LogP contribution in [0.1, 0.15) is 17.7 Å². The largest absolute Gasteiger partial charge is 0.508 e. The van der Waals surface area contributed by atoms with Gasteiger partial charge in [-0.15, -0.1) is 0 Å². The zero-order valence-electron chi connectivity index (χ0n) is 9.77. The molecule has 0 spiro atoms. The van der Waals surface area contributed by atoms with Gasteiger partial charge in [0.25, 0.3) is 0 Å². The number of aryl methyl sites for hydroxylation is 1. The first-order valence-electron chi connectivity index (χ1n) is 5.87. The lowest BCUT2D eigenvalue weighted by Crippen LogP contribution is -2.04. The molecule has 1 aliphatic rings. The second-order valence-corrected chi connectivity index (χ2v) is 4.31. The third kappa shape index (κ3) is 1.56. The highest BCUT2D eigenvalue weighted by atomic mass is 16.3. The van der Waals surface area contributed by atoms with Crippen molar-refractivity contribution < 1.29 is 5.11 Å². The van der Waals surface area contributed by atoms with Crippen LogP contribution in [0.3, 0.4) is 0 Å². The molecule has 4 nitrogen and oxygen atoms in total. The number of benzene rings is 1. The van der Waals surface area contributed by atoms with E-state index in [2.05, 4.69) is 10.4 Å². The minimum Gasteiger partial charge on any atom is -0.508 e. The molecule has 1 aromatic carbocycles. The van der Waals surface area contributed by atoms with Crippen molar-refractivity contribution in [2.75, 3.05) is 12.4 Å². The fourth-order valence-electron chi connectivity index (χ4n) is 2.43. The smallest absolute Gasteiger partial charge is 0.133 e. The molecule has 0 radical (unpaired) electrons. The van der Waals surface area contributed by atoms with Crippen LogP contribution < -0.4 is 5.32 Å². The van der Waals surface area contributed by atoms with Gasteiger partial charge in [0, 0.05) is 12.6 Å². The zero-order valence-corrected chi connectivity index (χ0v) is 9.77. The molecule has 0 saturated carbocycles. The maximum Gasteiger partial charge on any atom is 0.133 e. The first-order chi connectivity index (χ1) is 8.29. The maximum atomic E-state index is 9.30. The van der Waals surface area contributed by atoms with Crippen LogP contribution >= 0.6 is 0 Å². The van der Waals surface area contributed by atoms with E-state index in [1.165, 1.54) is 17.7 Å². The van der Waals surface area contributed by atoms with Crippen molar-refractivity contribution in [2.24, 2.45) is 0 Å². The van der Waals surface area contributed by atoms with E-state index in [-0.39, 0.29) is 5.75 Å². The number of hydrogen-bond donors (Lipinski definition) is 2. The average molecular weight is 229 g/mol. The van der Waals surface area contributed by atoms with Gasteiger partial charge in [0.1, 0.15) is 11.6 Å². The van der Waals surface area contributed by atoms with Crippen molar-refractivity contribution in [3.63, 3.8) is 0 Å². The molecular weight excluding hydrogens is 214 g/mol. The number of phenolic OH excluding ortho intramolecular Hbond substituents is 1. The normalized spacial score (nSPS) is 13.7. The molecule has 1 heterocycles. The van der Waals surface area contributed by atoms with Gasteiger partial charge in [0.05, 0.1) is 11.4 Å². The number of anilines is 1. The Labute approximate surface area is 99.9 Å². The predicted octanol–water partition coefficient (Wildman–Crippen LogP) is 2.11. The summed E-state index contributed by atoms with van der Waals surface area (Å²) in [5.74, 6) is 1.35. The second-order valence-electron chi connectivity index (χ2n) is 4.31. The van der Waals surface area contributed by atoms with Crippen molar-refractivity contribution >= 4 is 5.82 Å². The second kappa shape index (κ2) is 3.80. The number of rotatable bonds is 2. The molecule has 2 N–H and O–H groups in total.